The fourth-order valence-corrected chi connectivity index (χ4v) is 2.43. The Bertz CT molecular complexity index is 764. The summed E-state index contributed by atoms with van der Waals surface area (Å²) in [6, 6.07) is 16.3. The van der Waals surface area contributed by atoms with E-state index in [2.05, 4.69) is 46.7 Å². The van der Waals surface area contributed by atoms with Crippen molar-refractivity contribution in [2.45, 2.75) is 13.5 Å². The maximum absolute atomic E-state index is 5.24. The van der Waals surface area contributed by atoms with Gasteiger partial charge >= 0.3 is 0 Å². The molecule has 2 N–H and O–H groups in total. The molecule has 0 amide bonds. The Hall–Kier alpha value is -2.75. The molecule has 4 nitrogen and oxygen atoms in total. The SMILES string of the molecule is COc1cccc(NCc2cn[nH]c2-c2cccc(C)c2)c1. The summed E-state index contributed by atoms with van der Waals surface area (Å²) in [6.45, 7) is 2.79. The molecular formula is C18H19N3O. The van der Waals surface area contributed by atoms with Gasteiger partial charge in [-0.2, -0.15) is 5.10 Å². The summed E-state index contributed by atoms with van der Waals surface area (Å²) in [7, 11) is 1.67. The maximum Gasteiger partial charge on any atom is 0.120 e. The molecule has 22 heavy (non-hydrogen) atoms. The van der Waals surface area contributed by atoms with Gasteiger partial charge < -0.3 is 10.1 Å². The second-order valence-corrected chi connectivity index (χ2v) is 5.23. The van der Waals surface area contributed by atoms with Crippen LogP contribution in [0.1, 0.15) is 11.1 Å². The summed E-state index contributed by atoms with van der Waals surface area (Å²) in [5.41, 5.74) is 5.60. The van der Waals surface area contributed by atoms with Gasteiger partial charge in [0, 0.05) is 29.4 Å². The van der Waals surface area contributed by atoms with E-state index in [1.807, 2.05) is 30.5 Å². The highest BCUT2D eigenvalue weighted by molar-refractivity contribution is 5.64. The minimum atomic E-state index is 0.701. The molecule has 1 heterocycles. The molecule has 0 spiro atoms. The maximum atomic E-state index is 5.24. The Kier molecular flexibility index (Phi) is 4.10. The van der Waals surface area contributed by atoms with Crippen molar-refractivity contribution >= 4 is 5.69 Å². The zero-order valence-corrected chi connectivity index (χ0v) is 12.8. The van der Waals surface area contributed by atoms with Crippen molar-refractivity contribution in [1.29, 1.82) is 0 Å². The van der Waals surface area contributed by atoms with Crippen LogP contribution in [-0.4, -0.2) is 17.3 Å². The van der Waals surface area contributed by atoms with Crippen molar-refractivity contribution in [3.8, 4) is 17.0 Å². The molecule has 0 aliphatic carbocycles. The van der Waals surface area contributed by atoms with Gasteiger partial charge in [-0.25, -0.2) is 0 Å². The molecule has 4 heteroatoms. The Balaban J connectivity index is 1.78. The fourth-order valence-electron chi connectivity index (χ4n) is 2.43. The van der Waals surface area contributed by atoms with Gasteiger partial charge in [-0.1, -0.05) is 29.8 Å². The molecule has 112 valence electrons. The number of nitrogens with zero attached hydrogens (tertiary/aromatic N) is 1. The first-order valence-corrected chi connectivity index (χ1v) is 7.23. The molecule has 0 fully saturated rings. The minimum absolute atomic E-state index is 0.701. The van der Waals surface area contributed by atoms with E-state index in [0.29, 0.717) is 6.54 Å². The third kappa shape index (κ3) is 3.11. The number of anilines is 1. The molecule has 0 bridgehead atoms. The average Bonchev–Trinajstić information content (AvgIpc) is 3.02. The van der Waals surface area contributed by atoms with Gasteiger partial charge in [0.1, 0.15) is 5.75 Å². The Morgan fingerprint density at radius 3 is 2.82 bits per heavy atom. The van der Waals surface area contributed by atoms with Crippen LogP contribution < -0.4 is 10.1 Å². The van der Waals surface area contributed by atoms with Gasteiger partial charge in [-0.05, 0) is 25.1 Å². The predicted octanol–water partition coefficient (Wildman–Crippen LogP) is 4.01. The highest BCUT2D eigenvalue weighted by Crippen LogP contribution is 2.23. The fraction of sp³-hybridized carbons (Fsp3) is 0.167. The normalized spacial score (nSPS) is 10.5. The summed E-state index contributed by atoms with van der Waals surface area (Å²) in [5, 5.41) is 10.7. The minimum Gasteiger partial charge on any atom is -0.497 e. The van der Waals surface area contributed by atoms with E-state index in [9.17, 15) is 0 Å². The number of aryl methyl sites for hydroxylation is 1. The number of benzene rings is 2. The van der Waals surface area contributed by atoms with Crippen LogP contribution in [0.15, 0.2) is 54.7 Å². The number of rotatable bonds is 5. The molecule has 3 aromatic rings. The van der Waals surface area contributed by atoms with Crippen LogP contribution in [-0.2, 0) is 6.54 Å². The molecule has 0 aliphatic heterocycles. The summed E-state index contributed by atoms with van der Waals surface area (Å²) >= 11 is 0. The lowest BCUT2D eigenvalue weighted by Crippen LogP contribution is -2.00. The number of ether oxygens (including phenoxy) is 1. The molecule has 1 aromatic heterocycles. The number of H-pyrrole nitrogens is 1. The Morgan fingerprint density at radius 2 is 2.00 bits per heavy atom. The highest BCUT2D eigenvalue weighted by atomic mass is 16.5. The van der Waals surface area contributed by atoms with E-state index in [1.165, 1.54) is 5.56 Å². The van der Waals surface area contributed by atoms with Crippen molar-refractivity contribution < 1.29 is 4.74 Å². The van der Waals surface area contributed by atoms with E-state index in [-0.39, 0.29) is 0 Å². The van der Waals surface area contributed by atoms with Gasteiger partial charge in [-0.3, -0.25) is 5.10 Å². The number of methoxy groups -OCH3 is 1. The smallest absolute Gasteiger partial charge is 0.120 e. The first-order chi connectivity index (χ1) is 10.8. The van der Waals surface area contributed by atoms with Crippen LogP contribution in [0.2, 0.25) is 0 Å². The lowest BCUT2D eigenvalue weighted by atomic mass is 10.1. The average molecular weight is 293 g/mol. The van der Waals surface area contributed by atoms with Gasteiger partial charge in [0.25, 0.3) is 0 Å². The molecule has 0 aliphatic rings. The number of aromatic nitrogens is 2. The van der Waals surface area contributed by atoms with Crippen LogP contribution in [0.5, 0.6) is 5.75 Å². The first-order valence-electron chi connectivity index (χ1n) is 7.23. The summed E-state index contributed by atoms with van der Waals surface area (Å²) in [6.07, 6.45) is 1.87. The highest BCUT2D eigenvalue weighted by Gasteiger charge is 2.08. The van der Waals surface area contributed by atoms with Crippen molar-refractivity contribution in [3.05, 3.63) is 65.9 Å². The van der Waals surface area contributed by atoms with Crippen LogP contribution in [0.25, 0.3) is 11.3 Å². The molecule has 2 aromatic carbocycles. The van der Waals surface area contributed by atoms with Crippen molar-refractivity contribution in [1.82, 2.24) is 10.2 Å². The third-order valence-corrected chi connectivity index (χ3v) is 3.58. The lowest BCUT2D eigenvalue weighted by molar-refractivity contribution is 0.415. The number of hydrogen-bond donors (Lipinski definition) is 2. The second kappa shape index (κ2) is 6.35. The largest absolute Gasteiger partial charge is 0.497 e. The first kappa shape index (κ1) is 14.2. The molecule has 0 saturated carbocycles. The van der Waals surface area contributed by atoms with E-state index >= 15 is 0 Å². The molecule has 0 radical (unpaired) electrons. The third-order valence-electron chi connectivity index (χ3n) is 3.58. The van der Waals surface area contributed by atoms with E-state index in [0.717, 1.165) is 28.3 Å². The Morgan fingerprint density at radius 1 is 1.14 bits per heavy atom. The lowest BCUT2D eigenvalue weighted by Gasteiger charge is -2.09. The number of hydrogen-bond acceptors (Lipinski definition) is 3. The van der Waals surface area contributed by atoms with Crippen LogP contribution in [0, 0.1) is 6.92 Å². The molecular weight excluding hydrogens is 274 g/mol. The van der Waals surface area contributed by atoms with Gasteiger partial charge in [0.05, 0.1) is 19.0 Å². The monoisotopic (exact) mass is 293 g/mol. The standard InChI is InChI=1S/C18H19N3O/c1-13-5-3-6-14(9-13)18-15(12-20-21-18)11-19-16-7-4-8-17(10-16)22-2/h3-10,12,19H,11H2,1-2H3,(H,20,21). The van der Waals surface area contributed by atoms with Crippen molar-refractivity contribution in [2.75, 3.05) is 12.4 Å². The van der Waals surface area contributed by atoms with E-state index in [1.54, 1.807) is 7.11 Å². The van der Waals surface area contributed by atoms with E-state index < -0.39 is 0 Å². The zero-order chi connectivity index (χ0) is 15.4. The molecule has 0 saturated heterocycles. The van der Waals surface area contributed by atoms with E-state index in [4.69, 9.17) is 4.74 Å². The van der Waals surface area contributed by atoms with Crippen LogP contribution in [0.3, 0.4) is 0 Å². The molecule has 0 unspecified atom stereocenters. The number of nitrogens with one attached hydrogen (secondary N) is 2. The van der Waals surface area contributed by atoms with Crippen LogP contribution >= 0.6 is 0 Å². The number of aromatic amines is 1. The predicted molar refractivity (Wildman–Crippen MR) is 89.1 cm³/mol. The molecule has 0 atom stereocenters. The molecule has 3 rings (SSSR count). The van der Waals surface area contributed by atoms with Crippen molar-refractivity contribution in [3.63, 3.8) is 0 Å². The quantitative estimate of drug-likeness (QED) is 0.747. The van der Waals surface area contributed by atoms with Gasteiger partial charge in [0.2, 0.25) is 0 Å². The second-order valence-electron chi connectivity index (χ2n) is 5.23. The zero-order valence-electron chi connectivity index (χ0n) is 12.8. The van der Waals surface area contributed by atoms with Gasteiger partial charge in [-0.15, -0.1) is 0 Å². The Labute approximate surface area is 130 Å². The van der Waals surface area contributed by atoms with Crippen molar-refractivity contribution in [2.24, 2.45) is 0 Å². The topological polar surface area (TPSA) is 49.9 Å². The summed E-state index contributed by atoms with van der Waals surface area (Å²) in [5.74, 6) is 0.844. The van der Waals surface area contributed by atoms with Gasteiger partial charge in [0.15, 0.2) is 0 Å². The summed E-state index contributed by atoms with van der Waals surface area (Å²) < 4.78 is 5.24. The van der Waals surface area contributed by atoms with Crippen LogP contribution in [0.4, 0.5) is 5.69 Å². The summed E-state index contributed by atoms with van der Waals surface area (Å²) in [4.78, 5) is 0.